The number of nitrogens with one attached hydrogen (secondary N) is 1. The van der Waals surface area contributed by atoms with Crippen molar-refractivity contribution in [2.45, 2.75) is 45.1 Å². The number of carbonyl (C=O) groups is 2. The minimum absolute atomic E-state index is 0.0560. The first-order valence-electron chi connectivity index (χ1n) is 10.1. The van der Waals surface area contributed by atoms with E-state index in [9.17, 15) is 22.8 Å². The van der Waals surface area contributed by atoms with Gasteiger partial charge in [-0.3, -0.25) is 14.6 Å². The van der Waals surface area contributed by atoms with Crippen molar-refractivity contribution in [2.24, 2.45) is 0 Å². The molecular weight excluding hydrogens is 415 g/mol. The smallest absolute Gasteiger partial charge is 0.416 e. The number of esters is 1. The van der Waals surface area contributed by atoms with Crippen molar-refractivity contribution in [3.8, 4) is 0 Å². The van der Waals surface area contributed by atoms with E-state index in [0.29, 0.717) is 32.7 Å². The highest BCUT2D eigenvalue weighted by Crippen LogP contribution is 2.29. The molecule has 174 valence electrons. The molecule has 1 N–H and O–H groups in total. The first-order valence-corrected chi connectivity index (χ1v) is 10.1. The third-order valence-electron chi connectivity index (χ3n) is 4.85. The van der Waals surface area contributed by atoms with E-state index >= 15 is 0 Å². The van der Waals surface area contributed by atoms with E-state index in [4.69, 9.17) is 9.47 Å². The summed E-state index contributed by atoms with van der Waals surface area (Å²) in [5.41, 5.74) is -0.522. The van der Waals surface area contributed by atoms with Crippen LogP contribution in [0.1, 0.15) is 31.9 Å². The number of hydrogen-bond acceptors (Lipinski definition) is 6. The summed E-state index contributed by atoms with van der Waals surface area (Å²) < 4.78 is 48.2. The van der Waals surface area contributed by atoms with Gasteiger partial charge in [0, 0.05) is 39.3 Å². The predicted molar refractivity (Wildman–Crippen MR) is 108 cm³/mol. The monoisotopic (exact) mass is 445 g/mol. The molecular formula is C21H30F3N3O4. The Morgan fingerprint density at radius 1 is 1.06 bits per heavy atom. The second-order valence-corrected chi connectivity index (χ2v) is 8.43. The Hall–Kier alpha value is -2.33. The van der Waals surface area contributed by atoms with Gasteiger partial charge in [0.2, 0.25) is 0 Å². The Balaban J connectivity index is 1.88. The van der Waals surface area contributed by atoms with Crippen LogP contribution in [0.5, 0.6) is 0 Å². The number of nitrogens with zero attached hydrogens (tertiary/aromatic N) is 2. The van der Waals surface area contributed by atoms with Crippen molar-refractivity contribution in [1.82, 2.24) is 15.1 Å². The number of methoxy groups -OCH3 is 1. The summed E-state index contributed by atoms with van der Waals surface area (Å²) in [4.78, 5) is 28.2. The van der Waals surface area contributed by atoms with Crippen molar-refractivity contribution in [1.29, 1.82) is 0 Å². The molecule has 0 bridgehead atoms. The molecule has 1 aromatic carbocycles. The summed E-state index contributed by atoms with van der Waals surface area (Å²) in [6.45, 7) is 8.18. The van der Waals surface area contributed by atoms with Crippen LogP contribution in [0.15, 0.2) is 24.3 Å². The van der Waals surface area contributed by atoms with E-state index in [1.54, 1.807) is 20.8 Å². The van der Waals surface area contributed by atoms with Crippen LogP contribution in [0, 0.1) is 0 Å². The summed E-state index contributed by atoms with van der Waals surface area (Å²) in [7, 11) is 1.30. The van der Waals surface area contributed by atoms with E-state index in [1.165, 1.54) is 19.2 Å². The van der Waals surface area contributed by atoms with Crippen LogP contribution in [0.3, 0.4) is 0 Å². The second kappa shape index (κ2) is 10.3. The molecule has 7 nitrogen and oxygen atoms in total. The lowest BCUT2D eigenvalue weighted by atomic mass is 10.1. The molecule has 1 amide bonds. The van der Waals surface area contributed by atoms with Crippen molar-refractivity contribution in [3.05, 3.63) is 35.4 Å². The normalized spacial score (nSPS) is 17.1. The third-order valence-corrected chi connectivity index (χ3v) is 4.85. The highest BCUT2D eigenvalue weighted by molar-refractivity contribution is 5.77. The molecule has 0 aliphatic carbocycles. The zero-order valence-corrected chi connectivity index (χ0v) is 18.3. The molecule has 1 aliphatic rings. The fourth-order valence-electron chi connectivity index (χ4n) is 3.28. The standard InChI is InChI=1S/C21H30F3N3O4/c1-20(2,3)31-19(29)25-13-17(18(28)30-4)27-11-9-26(10-12-27)14-15-5-7-16(8-6-15)21(22,23)24/h5-8,17H,9-14H2,1-4H3,(H,25,29)/t17-/m0/s1. The molecule has 1 atom stereocenters. The van der Waals surface area contributed by atoms with Gasteiger partial charge in [-0.05, 0) is 38.5 Å². The number of rotatable bonds is 6. The van der Waals surface area contributed by atoms with Crippen molar-refractivity contribution < 1.29 is 32.2 Å². The summed E-state index contributed by atoms with van der Waals surface area (Å²) in [6.07, 6.45) is -4.96. The number of piperazine rings is 1. The average molecular weight is 445 g/mol. The van der Waals surface area contributed by atoms with E-state index < -0.39 is 35.4 Å². The number of hydrogen-bond donors (Lipinski definition) is 1. The molecule has 0 unspecified atom stereocenters. The van der Waals surface area contributed by atoms with Gasteiger partial charge < -0.3 is 14.8 Å². The van der Waals surface area contributed by atoms with Crippen LogP contribution in [-0.4, -0.2) is 73.3 Å². The predicted octanol–water partition coefficient (Wildman–Crippen LogP) is 2.89. The zero-order chi connectivity index (χ0) is 23.2. The first-order chi connectivity index (χ1) is 14.4. The van der Waals surface area contributed by atoms with Crippen molar-refractivity contribution in [3.63, 3.8) is 0 Å². The van der Waals surface area contributed by atoms with Gasteiger partial charge in [0.05, 0.1) is 12.7 Å². The Morgan fingerprint density at radius 3 is 2.13 bits per heavy atom. The minimum Gasteiger partial charge on any atom is -0.468 e. The Labute approximate surface area is 180 Å². The zero-order valence-electron chi connectivity index (χ0n) is 18.3. The summed E-state index contributed by atoms with van der Waals surface area (Å²) >= 11 is 0. The third kappa shape index (κ3) is 8.02. The minimum atomic E-state index is -4.35. The first kappa shape index (κ1) is 24.9. The number of ether oxygens (including phenoxy) is 2. The molecule has 2 rings (SSSR count). The molecule has 0 spiro atoms. The maximum absolute atomic E-state index is 12.7. The molecule has 1 aromatic rings. The van der Waals surface area contributed by atoms with Gasteiger partial charge >= 0.3 is 18.2 Å². The molecule has 10 heteroatoms. The number of carbonyl (C=O) groups excluding carboxylic acids is 2. The molecule has 0 aromatic heterocycles. The number of alkyl halides is 3. The number of benzene rings is 1. The highest BCUT2D eigenvalue weighted by Gasteiger charge is 2.32. The van der Waals surface area contributed by atoms with E-state index in [0.717, 1.165) is 17.7 Å². The molecule has 1 saturated heterocycles. The maximum atomic E-state index is 12.7. The number of amides is 1. The van der Waals surface area contributed by atoms with Crippen molar-refractivity contribution in [2.75, 3.05) is 39.8 Å². The van der Waals surface area contributed by atoms with Crippen LogP contribution < -0.4 is 5.32 Å². The SMILES string of the molecule is COC(=O)[C@H](CNC(=O)OC(C)(C)C)N1CCN(Cc2ccc(C(F)(F)F)cc2)CC1. The molecule has 1 fully saturated rings. The fraction of sp³-hybridized carbons (Fsp3) is 0.619. The summed E-state index contributed by atoms with van der Waals surface area (Å²) in [5, 5.41) is 2.61. The number of halogens is 3. The van der Waals surface area contributed by atoms with Crippen LogP contribution in [0.4, 0.5) is 18.0 Å². The average Bonchev–Trinajstić information content (AvgIpc) is 2.67. The summed E-state index contributed by atoms with van der Waals surface area (Å²) in [5.74, 6) is -0.452. The van der Waals surface area contributed by atoms with Gasteiger partial charge in [0.1, 0.15) is 11.6 Å². The van der Waals surface area contributed by atoms with Crippen LogP contribution in [-0.2, 0) is 27.0 Å². The Bertz CT molecular complexity index is 740. The second-order valence-electron chi connectivity index (χ2n) is 8.43. The van der Waals surface area contributed by atoms with Gasteiger partial charge in [0.25, 0.3) is 0 Å². The molecule has 0 saturated carbocycles. The summed E-state index contributed by atoms with van der Waals surface area (Å²) in [6, 6.07) is 4.49. The van der Waals surface area contributed by atoms with E-state index in [-0.39, 0.29) is 6.54 Å². The quantitative estimate of drug-likeness (QED) is 0.679. The van der Waals surface area contributed by atoms with Gasteiger partial charge in [-0.25, -0.2) is 4.79 Å². The van der Waals surface area contributed by atoms with Gasteiger partial charge in [-0.1, -0.05) is 12.1 Å². The molecule has 0 radical (unpaired) electrons. The van der Waals surface area contributed by atoms with Crippen LogP contribution in [0.25, 0.3) is 0 Å². The van der Waals surface area contributed by atoms with Crippen LogP contribution in [0.2, 0.25) is 0 Å². The maximum Gasteiger partial charge on any atom is 0.416 e. The lowest BCUT2D eigenvalue weighted by molar-refractivity contribution is -0.147. The molecule has 1 aliphatic heterocycles. The van der Waals surface area contributed by atoms with Gasteiger partial charge in [0.15, 0.2) is 0 Å². The van der Waals surface area contributed by atoms with Gasteiger partial charge in [-0.15, -0.1) is 0 Å². The molecule has 1 heterocycles. The van der Waals surface area contributed by atoms with Crippen LogP contribution >= 0.6 is 0 Å². The highest BCUT2D eigenvalue weighted by atomic mass is 19.4. The molecule has 31 heavy (non-hydrogen) atoms. The largest absolute Gasteiger partial charge is 0.468 e. The van der Waals surface area contributed by atoms with E-state index in [1.807, 2.05) is 4.90 Å². The lowest BCUT2D eigenvalue weighted by Gasteiger charge is -2.38. The fourth-order valence-corrected chi connectivity index (χ4v) is 3.28. The Kier molecular flexibility index (Phi) is 8.30. The Morgan fingerprint density at radius 2 is 1.65 bits per heavy atom. The van der Waals surface area contributed by atoms with Crippen molar-refractivity contribution >= 4 is 12.1 Å². The topological polar surface area (TPSA) is 71.1 Å². The number of alkyl carbamates (subject to hydrolysis) is 1. The lowest BCUT2D eigenvalue weighted by Crippen LogP contribution is -2.56. The van der Waals surface area contributed by atoms with E-state index in [2.05, 4.69) is 10.2 Å². The van der Waals surface area contributed by atoms with Gasteiger partial charge in [-0.2, -0.15) is 13.2 Å².